The number of nitrogens with zero attached hydrogens (tertiary/aromatic N) is 1. The molecule has 1 unspecified atom stereocenters. The van der Waals surface area contributed by atoms with E-state index in [2.05, 4.69) is 22.8 Å². The van der Waals surface area contributed by atoms with Gasteiger partial charge in [-0.25, -0.2) is 4.79 Å². The number of benzene rings is 1. The molecule has 5 nitrogen and oxygen atoms in total. The van der Waals surface area contributed by atoms with Gasteiger partial charge < -0.3 is 20.3 Å². The number of methoxy groups -OCH3 is 1. The molecule has 25 heavy (non-hydrogen) atoms. The fourth-order valence-electron chi connectivity index (χ4n) is 4.79. The minimum absolute atomic E-state index is 0.0635. The molecule has 2 aliphatic heterocycles. The molecular formula is C20H29N3O2. The van der Waals surface area contributed by atoms with E-state index in [0.717, 1.165) is 56.8 Å². The summed E-state index contributed by atoms with van der Waals surface area (Å²) in [6, 6.07) is 4.44. The van der Waals surface area contributed by atoms with Crippen molar-refractivity contribution in [3.63, 3.8) is 0 Å². The Morgan fingerprint density at radius 3 is 2.88 bits per heavy atom. The van der Waals surface area contributed by atoms with Crippen LogP contribution in [0, 0.1) is 5.41 Å². The number of carbonyl (C=O) groups excluding carboxylic acids is 1. The van der Waals surface area contributed by atoms with Gasteiger partial charge in [-0.15, -0.1) is 0 Å². The third-order valence-corrected chi connectivity index (χ3v) is 6.21. The number of rotatable bonds is 3. The van der Waals surface area contributed by atoms with Gasteiger partial charge in [0.05, 0.1) is 7.11 Å². The summed E-state index contributed by atoms with van der Waals surface area (Å²) in [5.74, 6) is 0.899. The van der Waals surface area contributed by atoms with Gasteiger partial charge in [0.15, 0.2) is 0 Å². The second kappa shape index (κ2) is 6.87. The van der Waals surface area contributed by atoms with Crippen molar-refractivity contribution in [2.75, 3.05) is 33.3 Å². The minimum atomic E-state index is 0.0635. The van der Waals surface area contributed by atoms with E-state index in [1.165, 1.54) is 30.4 Å². The first kappa shape index (κ1) is 16.7. The molecule has 3 aliphatic rings. The molecule has 2 heterocycles. The average molecular weight is 343 g/mol. The van der Waals surface area contributed by atoms with Crippen LogP contribution in [-0.2, 0) is 19.4 Å². The molecule has 4 rings (SSSR count). The van der Waals surface area contributed by atoms with Crippen molar-refractivity contribution < 1.29 is 9.53 Å². The largest absolute Gasteiger partial charge is 0.496 e. The molecule has 0 aromatic heterocycles. The zero-order valence-corrected chi connectivity index (χ0v) is 15.2. The number of fused-ring (bicyclic) bond motifs is 1. The first-order chi connectivity index (χ1) is 12.2. The summed E-state index contributed by atoms with van der Waals surface area (Å²) in [6.07, 6.45) is 7.04. The number of urea groups is 1. The highest BCUT2D eigenvalue weighted by Crippen LogP contribution is 2.35. The highest BCUT2D eigenvalue weighted by molar-refractivity contribution is 5.74. The quantitative estimate of drug-likeness (QED) is 0.886. The van der Waals surface area contributed by atoms with Gasteiger partial charge in [0.2, 0.25) is 0 Å². The molecule has 1 aromatic rings. The predicted molar refractivity (Wildman–Crippen MR) is 98.0 cm³/mol. The summed E-state index contributed by atoms with van der Waals surface area (Å²) in [6.45, 7) is 4.43. The van der Waals surface area contributed by atoms with E-state index >= 15 is 0 Å². The molecule has 2 fully saturated rings. The number of hydrogen-bond donors (Lipinski definition) is 2. The molecule has 1 aliphatic carbocycles. The lowest BCUT2D eigenvalue weighted by Gasteiger charge is -2.39. The third kappa shape index (κ3) is 3.34. The number of nitrogens with one attached hydrogen (secondary N) is 2. The number of ether oxygens (including phenoxy) is 1. The van der Waals surface area contributed by atoms with Crippen LogP contribution in [0.1, 0.15) is 42.4 Å². The lowest BCUT2D eigenvalue weighted by Crippen LogP contribution is -2.50. The smallest absolute Gasteiger partial charge is 0.317 e. The molecule has 5 heteroatoms. The maximum Gasteiger partial charge on any atom is 0.317 e. The van der Waals surface area contributed by atoms with Gasteiger partial charge in [-0.1, -0.05) is 6.07 Å². The van der Waals surface area contributed by atoms with Gasteiger partial charge in [-0.05, 0) is 62.3 Å². The summed E-state index contributed by atoms with van der Waals surface area (Å²) in [5.41, 5.74) is 4.21. The van der Waals surface area contributed by atoms with Crippen molar-refractivity contribution in [2.45, 2.75) is 45.1 Å². The first-order valence-electron chi connectivity index (χ1n) is 9.61. The molecule has 2 amide bonds. The van der Waals surface area contributed by atoms with E-state index in [1.54, 1.807) is 7.11 Å². The topological polar surface area (TPSA) is 53.6 Å². The fraction of sp³-hybridized carbons (Fsp3) is 0.650. The van der Waals surface area contributed by atoms with Gasteiger partial charge in [0.1, 0.15) is 5.75 Å². The summed E-state index contributed by atoms with van der Waals surface area (Å²) < 4.78 is 5.55. The average Bonchev–Trinajstić information content (AvgIpc) is 3.27. The molecule has 1 atom stereocenters. The van der Waals surface area contributed by atoms with E-state index < -0.39 is 0 Å². The first-order valence-corrected chi connectivity index (χ1v) is 9.61. The summed E-state index contributed by atoms with van der Waals surface area (Å²) in [5, 5.41) is 6.59. The zero-order chi connectivity index (χ0) is 17.3. The van der Waals surface area contributed by atoms with Gasteiger partial charge in [0.25, 0.3) is 0 Å². The maximum absolute atomic E-state index is 12.7. The van der Waals surface area contributed by atoms with E-state index in [9.17, 15) is 4.79 Å². The van der Waals surface area contributed by atoms with E-state index in [0.29, 0.717) is 12.0 Å². The lowest BCUT2D eigenvalue weighted by molar-refractivity contribution is 0.118. The Hall–Kier alpha value is -1.75. The molecule has 1 spiro atoms. The van der Waals surface area contributed by atoms with Crippen LogP contribution in [0.15, 0.2) is 12.1 Å². The van der Waals surface area contributed by atoms with Crippen molar-refractivity contribution in [3.8, 4) is 5.75 Å². The molecule has 0 radical (unpaired) electrons. The summed E-state index contributed by atoms with van der Waals surface area (Å²) >= 11 is 0. The zero-order valence-electron chi connectivity index (χ0n) is 15.2. The Bertz CT molecular complexity index is 653. The van der Waals surface area contributed by atoms with Crippen LogP contribution in [0.4, 0.5) is 4.79 Å². The summed E-state index contributed by atoms with van der Waals surface area (Å²) in [7, 11) is 1.71. The Balaban J connectivity index is 1.40. The Morgan fingerprint density at radius 1 is 1.28 bits per heavy atom. The van der Waals surface area contributed by atoms with Gasteiger partial charge in [-0.2, -0.15) is 0 Å². The molecule has 136 valence electrons. The van der Waals surface area contributed by atoms with Crippen molar-refractivity contribution in [2.24, 2.45) is 5.41 Å². The van der Waals surface area contributed by atoms with E-state index in [1.807, 2.05) is 4.90 Å². The molecule has 1 aromatic carbocycles. The Labute approximate surface area is 150 Å². The van der Waals surface area contributed by atoms with Gasteiger partial charge in [0, 0.05) is 37.2 Å². The number of likely N-dealkylation sites (tertiary alicyclic amines) is 1. The van der Waals surface area contributed by atoms with Crippen molar-refractivity contribution in [1.82, 2.24) is 15.5 Å². The van der Waals surface area contributed by atoms with Crippen LogP contribution >= 0.6 is 0 Å². The second-order valence-corrected chi connectivity index (χ2v) is 7.90. The number of amides is 2. The van der Waals surface area contributed by atoms with Crippen molar-refractivity contribution in [3.05, 3.63) is 28.8 Å². The van der Waals surface area contributed by atoms with Crippen LogP contribution < -0.4 is 15.4 Å². The molecule has 2 N–H and O–H groups in total. The van der Waals surface area contributed by atoms with Crippen LogP contribution in [0.2, 0.25) is 0 Å². The van der Waals surface area contributed by atoms with Crippen molar-refractivity contribution >= 4 is 6.03 Å². The number of piperidine rings is 1. The molecule has 0 saturated carbocycles. The number of hydrogen-bond acceptors (Lipinski definition) is 3. The third-order valence-electron chi connectivity index (χ3n) is 6.21. The predicted octanol–water partition coefficient (Wildman–Crippen LogP) is 2.47. The minimum Gasteiger partial charge on any atom is -0.496 e. The standard InChI is InChI=1S/C20H29N3O2/c1-25-18-11-16-5-2-4-15(16)10-17(18)12-22-19(24)23-9-3-6-20(14-23)7-8-21-13-20/h10-11,21H,2-9,12-14H2,1H3,(H,22,24). The Kier molecular flexibility index (Phi) is 4.59. The van der Waals surface area contributed by atoms with E-state index in [-0.39, 0.29) is 6.03 Å². The van der Waals surface area contributed by atoms with Crippen LogP contribution in [0.3, 0.4) is 0 Å². The van der Waals surface area contributed by atoms with Crippen LogP contribution in [0.5, 0.6) is 5.75 Å². The number of aryl methyl sites for hydroxylation is 2. The Morgan fingerprint density at radius 2 is 2.12 bits per heavy atom. The molecule has 0 bridgehead atoms. The normalized spacial score (nSPS) is 25.2. The molecule has 2 saturated heterocycles. The highest BCUT2D eigenvalue weighted by atomic mass is 16.5. The summed E-state index contributed by atoms with van der Waals surface area (Å²) in [4.78, 5) is 14.7. The van der Waals surface area contributed by atoms with Gasteiger partial charge in [-0.3, -0.25) is 0 Å². The lowest BCUT2D eigenvalue weighted by atomic mass is 9.79. The van der Waals surface area contributed by atoms with Gasteiger partial charge >= 0.3 is 6.03 Å². The fourth-order valence-corrected chi connectivity index (χ4v) is 4.79. The van der Waals surface area contributed by atoms with E-state index in [4.69, 9.17) is 4.74 Å². The molecular weight excluding hydrogens is 314 g/mol. The van der Waals surface area contributed by atoms with Crippen LogP contribution in [0.25, 0.3) is 0 Å². The van der Waals surface area contributed by atoms with Crippen LogP contribution in [-0.4, -0.2) is 44.2 Å². The van der Waals surface area contributed by atoms with Crippen molar-refractivity contribution in [1.29, 1.82) is 0 Å². The number of carbonyl (C=O) groups is 1. The maximum atomic E-state index is 12.7. The highest BCUT2D eigenvalue weighted by Gasteiger charge is 2.39. The SMILES string of the molecule is COc1cc2c(cc1CNC(=O)N1CCCC3(CCNC3)C1)CCC2. The monoisotopic (exact) mass is 343 g/mol. The second-order valence-electron chi connectivity index (χ2n) is 7.90.